The third kappa shape index (κ3) is 2.19. The summed E-state index contributed by atoms with van der Waals surface area (Å²) >= 11 is 0. The first-order valence-electron chi connectivity index (χ1n) is 8.45. The minimum absolute atomic E-state index is 0.145. The fourth-order valence-electron chi connectivity index (χ4n) is 3.44. The molecule has 0 spiro atoms. The van der Waals surface area contributed by atoms with Crippen LogP contribution in [0.1, 0.15) is 38.8 Å². The SMILES string of the molecule is CCCn1c(=O)c2cccn2c2cnn(C3CCCCO3)c(=O)c21. The maximum Gasteiger partial charge on any atom is 0.295 e. The molecule has 4 rings (SSSR count). The molecule has 0 N–H and O–H groups in total. The molecule has 3 aromatic rings. The summed E-state index contributed by atoms with van der Waals surface area (Å²) in [5.41, 5.74) is 1.20. The molecule has 0 amide bonds. The van der Waals surface area contributed by atoms with Gasteiger partial charge in [-0.3, -0.25) is 9.59 Å². The van der Waals surface area contributed by atoms with Gasteiger partial charge in [0.15, 0.2) is 6.23 Å². The zero-order valence-corrected chi connectivity index (χ0v) is 13.6. The monoisotopic (exact) mass is 328 g/mol. The van der Waals surface area contributed by atoms with Gasteiger partial charge in [0.25, 0.3) is 11.1 Å². The normalized spacial score (nSPS) is 18.5. The van der Waals surface area contributed by atoms with Crippen LogP contribution in [0.25, 0.3) is 16.6 Å². The number of aromatic nitrogens is 4. The van der Waals surface area contributed by atoms with Crippen LogP contribution in [0, 0.1) is 0 Å². The topological polar surface area (TPSA) is 70.5 Å². The molecule has 1 aliphatic heterocycles. The summed E-state index contributed by atoms with van der Waals surface area (Å²) in [5, 5.41) is 4.33. The number of rotatable bonds is 3. The summed E-state index contributed by atoms with van der Waals surface area (Å²) in [6.07, 6.45) is 6.65. The molecule has 3 aromatic heterocycles. The number of fused-ring (bicyclic) bond motifs is 3. The van der Waals surface area contributed by atoms with E-state index in [-0.39, 0.29) is 17.3 Å². The van der Waals surface area contributed by atoms with Crippen molar-refractivity contribution in [2.75, 3.05) is 6.61 Å². The van der Waals surface area contributed by atoms with Crippen molar-refractivity contribution < 1.29 is 4.74 Å². The number of hydrogen-bond acceptors (Lipinski definition) is 4. The van der Waals surface area contributed by atoms with Crippen LogP contribution in [0.4, 0.5) is 0 Å². The molecule has 1 saturated heterocycles. The Morgan fingerprint density at radius 3 is 2.88 bits per heavy atom. The predicted octanol–water partition coefficient (Wildman–Crippen LogP) is 1.92. The molecule has 24 heavy (non-hydrogen) atoms. The lowest BCUT2D eigenvalue weighted by molar-refractivity contribution is -0.0421. The lowest BCUT2D eigenvalue weighted by Gasteiger charge is -2.24. The van der Waals surface area contributed by atoms with E-state index in [9.17, 15) is 9.59 Å². The molecule has 0 bridgehead atoms. The average Bonchev–Trinajstić information content (AvgIpc) is 3.10. The van der Waals surface area contributed by atoms with E-state index in [4.69, 9.17) is 4.74 Å². The minimum atomic E-state index is -0.346. The van der Waals surface area contributed by atoms with E-state index >= 15 is 0 Å². The lowest BCUT2D eigenvalue weighted by atomic mass is 10.2. The van der Waals surface area contributed by atoms with E-state index in [1.165, 1.54) is 4.68 Å². The highest BCUT2D eigenvalue weighted by molar-refractivity contribution is 5.77. The van der Waals surface area contributed by atoms with Crippen molar-refractivity contribution in [2.45, 2.75) is 45.4 Å². The van der Waals surface area contributed by atoms with E-state index in [0.717, 1.165) is 25.7 Å². The van der Waals surface area contributed by atoms with Gasteiger partial charge in [0.05, 0.1) is 11.7 Å². The molecule has 1 atom stereocenters. The van der Waals surface area contributed by atoms with Crippen molar-refractivity contribution in [3.63, 3.8) is 0 Å². The first-order chi connectivity index (χ1) is 11.7. The molecule has 0 aromatic carbocycles. The van der Waals surface area contributed by atoms with Gasteiger partial charge in [-0.15, -0.1) is 0 Å². The number of aryl methyl sites for hydroxylation is 1. The van der Waals surface area contributed by atoms with Crippen molar-refractivity contribution in [3.8, 4) is 0 Å². The van der Waals surface area contributed by atoms with Crippen LogP contribution in [0.3, 0.4) is 0 Å². The number of nitrogens with zero attached hydrogens (tertiary/aromatic N) is 4. The Hall–Kier alpha value is -2.41. The molecule has 126 valence electrons. The van der Waals surface area contributed by atoms with Crippen molar-refractivity contribution in [1.29, 1.82) is 0 Å². The lowest BCUT2D eigenvalue weighted by Crippen LogP contribution is -2.35. The first-order valence-corrected chi connectivity index (χ1v) is 8.45. The summed E-state index contributed by atoms with van der Waals surface area (Å²) in [4.78, 5) is 25.9. The molecule has 0 radical (unpaired) electrons. The highest BCUT2D eigenvalue weighted by Crippen LogP contribution is 2.21. The van der Waals surface area contributed by atoms with Crippen molar-refractivity contribution in [2.24, 2.45) is 0 Å². The highest BCUT2D eigenvalue weighted by atomic mass is 16.5. The zero-order chi connectivity index (χ0) is 16.7. The molecular formula is C17H20N4O3. The Morgan fingerprint density at radius 1 is 1.25 bits per heavy atom. The Kier molecular flexibility index (Phi) is 3.72. The van der Waals surface area contributed by atoms with Crippen LogP contribution >= 0.6 is 0 Å². The fourth-order valence-corrected chi connectivity index (χ4v) is 3.44. The molecule has 1 aliphatic rings. The van der Waals surface area contributed by atoms with Gasteiger partial charge in [-0.1, -0.05) is 6.92 Å². The molecular weight excluding hydrogens is 308 g/mol. The Morgan fingerprint density at radius 2 is 2.12 bits per heavy atom. The van der Waals surface area contributed by atoms with Crippen molar-refractivity contribution in [3.05, 3.63) is 45.2 Å². The van der Waals surface area contributed by atoms with Crippen molar-refractivity contribution in [1.82, 2.24) is 18.7 Å². The van der Waals surface area contributed by atoms with E-state index in [0.29, 0.717) is 29.7 Å². The molecule has 1 fully saturated rings. The van der Waals surface area contributed by atoms with E-state index in [1.807, 2.05) is 13.0 Å². The summed E-state index contributed by atoms with van der Waals surface area (Å²) in [6, 6.07) is 3.58. The van der Waals surface area contributed by atoms with Crippen LogP contribution in [0.15, 0.2) is 34.1 Å². The maximum atomic E-state index is 13.1. The Labute approximate surface area is 138 Å². The van der Waals surface area contributed by atoms with Crippen LogP contribution in [0.5, 0.6) is 0 Å². The number of ether oxygens (including phenoxy) is 1. The van der Waals surface area contributed by atoms with Crippen LogP contribution in [0.2, 0.25) is 0 Å². The minimum Gasteiger partial charge on any atom is -0.356 e. The Bertz CT molecular complexity index is 1010. The van der Waals surface area contributed by atoms with Gasteiger partial charge in [-0.25, -0.2) is 0 Å². The van der Waals surface area contributed by atoms with Crippen LogP contribution in [-0.4, -0.2) is 25.4 Å². The maximum absolute atomic E-state index is 13.1. The van der Waals surface area contributed by atoms with Gasteiger partial charge < -0.3 is 13.7 Å². The van der Waals surface area contributed by atoms with Gasteiger partial charge in [0.2, 0.25) is 0 Å². The molecule has 1 unspecified atom stereocenters. The van der Waals surface area contributed by atoms with Gasteiger partial charge >= 0.3 is 0 Å². The molecule has 0 aliphatic carbocycles. The van der Waals surface area contributed by atoms with E-state index in [1.54, 1.807) is 27.4 Å². The summed E-state index contributed by atoms with van der Waals surface area (Å²) < 4.78 is 10.4. The first kappa shape index (κ1) is 15.1. The zero-order valence-electron chi connectivity index (χ0n) is 13.6. The summed E-state index contributed by atoms with van der Waals surface area (Å²) in [5.74, 6) is 0. The molecule has 0 saturated carbocycles. The largest absolute Gasteiger partial charge is 0.356 e. The van der Waals surface area contributed by atoms with Crippen LogP contribution in [-0.2, 0) is 11.3 Å². The second-order valence-electron chi connectivity index (χ2n) is 6.17. The quantitative estimate of drug-likeness (QED) is 0.736. The molecule has 7 heteroatoms. The van der Waals surface area contributed by atoms with Crippen LogP contribution < -0.4 is 11.1 Å². The highest BCUT2D eigenvalue weighted by Gasteiger charge is 2.21. The standard InChI is InChI=1S/C17H20N4O3/c1-2-8-20-15-13(19-9-5-6-12(19)16(20)22)11-18-21(17(15)23)14-7-3-4-10-24-14/h5-6,9,11,14H,2-4,7-8,10H2,1H3. The van der Waals surface area contributed by atoms with Gasteiger partial charge in [-0.05, 0) is 37.8 Å². The van der Waals surface area contributed by atoms with Crippen molar-refractivity contribution >= 4 is 16.6 Å². The third-order valence-corrected chi connectivity index (χ3v) is 4.58. The molecule has 7 nitrogen and oxygen atoms in total. The summed E-state index contributed by atoms with van der Waals surface area (Å²) in [6.45, 7) is 3.13. The van der Waals surface area contributed by atoms with Gasteiger partial charge in [0, 0.05) is 19.3 Å². The van der Waals surface area contributed by atoms with E-state index < -0.39 is 0 Å². The average molecular weight is 328 g/mol. The van der Waals surface area contributed by atoms with Gasteiger partial charge in [0.1, 0.15) is 11.0 Å². The smallest absolute Gasteiger partial charge is 0.295 e. The Balaban J connectivity index is 2.06. The second-order valence-corrected chi connectivity index (χ2v) is 6.17. The fraction of sp³-hybridized carbons (Fsp3) is 0.471. The van der Waals surface area contributed by atoms with Gasteiger partial charge in [-0.2, -0.15) is 9.78 Å². The summed E-state index contributed by atoms with van der Waals surface area (Å²) in [7, 11) is 0. The van der Waals surface area contributed by atoms with E-state index in [2.05, 4.69) is 5.10 Å². The second kappa shape index (κ2) is 5.90. The number of hydrogen-bond donors (Lipinski definition) is 0. The third-order valence-electron chi connectivity index (χ3n) is 4.58. The molecule has 4 heterocycles. The predicted molar refractivity (Wildman–Crippen MR) is 90.3 cm³/mol.